The maximum atomic E-state index is 14.4. The van der Waals surface area contributed by atoms with E-state index in [1.165, 1.54) is 0 Å². The van der Waals surface area contributed by atoms with Gasteiger partial charge in [-0.25, -0.2) is 18.6 Å². The first-order valence-electron chi connectivity index (χ1n) is 12.1. The molecule has 0 unspecified atom stereocenters. The van der Waals surface area contributed by atoms with Gasteiger partial charge in [0.1, 0.15) is 3.70 Å². The lowest BCUT2D eigenvalue weighted by molar-refractivity contribution is -0.169. The number of carbonyl (C=O) groups excluding carboxylic acids is 2. The molecule has 3 amide bonds. The summed E-state index contributed by atoms with van der Waals surface area (Å²) in [4.78, 5) is 35.9. The summed E-state index contributed by atoms with van der Waals surface area (Å²) in [6, 6.07) is 2.05. The normalized spacial score (nSPS) is 19.8. The Morgan fingerprint density at radius 2 is 1.64 bits per heavy atom. The Balaban J connectivity index is 1.49. The van der Waals surface area contributed by atoms with Crippen molar-refractivity contribution in [1.82, 2.24) is 20.1 Å². The number of nitrogens with one attached hydrogen (secondary N) is 1. The van der Waals surface area contributed by atoms with Crippen molar-refractivity contribution in [3.05, 3.63) is 33.0 Å². The molecule has 1 N–H and O–H groups in total. The molecule has 0 radical (unpaired) electrons. The van der Waals surface area contributed by atoms with Crippen LogP contribution in [0.5, 0.6) is 0 Å². The molecule has 36 heavy (non-hydrogen) atoms. The van der Waals surface area contributed by atoms with Gasteiger partial charge in [0.15, 0.2) is 17.4 Å². The van der Waals surface area contributed by atoms with E-state index in [0.717, 1.165) is 12.1 Å². The molecule has 1 spiro atoms. The summed E-state index contributed by atoms with van der Waals surface area (Å²) in [5, 5.41) is 3.17. The molecule has 3 fully saturated rings. The van der Waals surface area contributed by atoms with E-state index < -0.39 is 17.4 Å². The molecule has 4 heterocycles. The van der Waals surface area contributed by atoms with Gasteiger partial charge in [0.25, 0.3) is 5.91 Å². The number of urea groups is 1. The van der Waals surface area contributed by atoms with Crippen molar-refractivity contribution in [2.45, 2.75) is 25.6 Å². The Morgan fingerprint density at radius 1 is 1.03 bits per heavy atom. The van der Waals surface area contributed by atoms with E-state index in [-0.39, 0.29) is 11.9 Å². The first-order chi connectivity index (χ1) is 17.3. The number of aromatic nitrogens is 1. The standard InChI is InChI=1S/C24H28F2IN5O4/c1-2-28-23(34)32-9-7-31(8-10-32)22(33)19-20(30-5-3-24(4-6-30)35-11-12-36-24)15-13-16(25)17(26)14-18(15)29-21(19)27/h13-14H,2-12H2,1H3,(H,28,34). The zero-order valence-electron chi connectivity index (χ0n) is 20.0. The Labute approximate surface area is 221 Å². The van der Waals surface area contributed by atoms with Crippen LogP contribution in [0.3, 0.4) is 0 Å². The molecule has 3 aliphatic heterocycles. The van der Waals surface area contributed by atoms with Gasteiger partial charge in [0.05, 0.1) is 30.0 Å². The Morgan fingerprint density at radius 3 is 2.28 bits per heavy atom. The lowest BCUT2D eigenvalue weighted by Crippen LogP contribution is -2.53. The van der Waals surface area contributed by atoms with Crippen LogP contribution in [0.15, 0.2) is 12.1 Å². The van der Waals surface area contributed by atoms with Crippen LogP contribution in [0, 0.1) is 15.3 Å². The minimum Gasteiger partial charge on any atom is -0.370 e. The van der Waals surface area contributed by atoms with E-state index in [1.807, 2.05) is 34.4 Å². The zero-order valence-corrected chi connectivity index (χ0v) is 22.1. The number of amides is 3. The Kier molecular flexibility index (Phi) is 7.18. The van der Waals surface area contributed by atoms with Gasteiger partial charge in [-0.05, 0) is 35.6 Å². The second kappa shape index (κ2) is 10.2. The van der Waals surface area contributed by atoms with Gasteiger partial charge in [0.2, 0.25) is 0 Å². The van der Waals surface area contributed by atoms with Crippen molar-refractivity contribution >= 4 is 51.1 Å². The number of hydrogen-bond acceptors (Lipinski definition) is 6. The number of fused-ring (bicyclic) bond motifs is 1. The van der Waals surface area contributed by atoms with E-state index in [4.69, 9.17) is 9.47 Å². The molecule has 1 aromatic heterocycles. The number of anilines is 1. The van der Waals surface area contributed by atoms with Crippen molar-refractivity contribution in [3.8, 4) is 0 Å². The molecule has 3 aliphatic rings. The summed E-state index contributed by atoms with van der Waals surface area (Å²) in [7, 11) is 0. The number of nitrogens with zero attached hydrogens (tertiary/aromatic N) is 4. The van der Waals surface area contributed by atoms with Crippen molar-refractivity contribution < 1.29 is 27.8 Å². The number of rotatable bonds is 3. The molecule has 0 aliphatic carbocycles. The maximum absolute atomic E-state index is 14.4. The average Bonchev–Trinajstić information content (AvgIpc) is 3.33. The minimum absolute atomic E-state index is 0.150. The first-order valence-corrected chi connectivity index (χ1v) is 13.2. The smallest absolute Gasteiger partial charge is 0.317 e. The largest absolute Gasteiger partial charge is 0.370 e. The summed E-state index contributed by atoms with van der Waals surface area (Å²) < 4.78 is 40.6. The second-order valence-corrected chi connectivity index (χ2v) is 10.1. The number of hydrogen-bond donors (Lipinski definition) is 1. The summed E-state index contributed by atoms with van der Waals surface area (Å²) >= 11 is 1.99. The maximum Gasteiger partial charge on any atom is 0.317 e. The van der Waals surface area contributed by atoms with Crippen LogP contribution >= 0.6 is 22.6 Å². The number of ether oxygens (including phenoxy) is 2. The van der Waals surface area contributed by atoms with E-state index in [9.17, 15) is 18.4 Å². The van der Waals surface area contributed by atoms with Crippen LogP contribution in [-0.2, 0) is 9.47 Å². The quantitative estimate of drug-likeness (QED) is 0.423. The Hall–Kier alpha value is -2.32. The molecule has 194 valence electrons. The van der Waals surface area contributed by atoms with E-state index in [1.54, 1.807) is 9.80 Å². The van der Waals surface area contributed by atoms with Gasteiger partial charge in [-0.15, -0.1) is 0 Å². The van der Waals surface area contributed by atoms with Crippen LogP contribution in [0.4, 0.5) is 19.3 Å². The van der Waals surface area contributed by atoms with Crippen molar-refractivity contribution in [1.29, 1.82) is 0 Å². The van der Waals surface area contributed by atoms with E-state index >= 15 is 0 Å². The molecule has 5 rings (SSSR count). The lowest BCUT2D eigenvalue weighted by atomic mass is 9.99. The third kappa shape index (κ3) is 4.70. The highest BCUT2D eigenvalue weighted by atomic mass is 127. The summed E-state index contributed by atoms with van der Waals surface area (Å²) in [5.41, 5.74) is 1.21. The highest BCUT2D eigenvalue weighted by Crippen LogP contribution is 2.39. The van der Waals surface area contributed by atoms with Crippen LogP contribution in [-0.4, -0.2) is 91.5 Å². The van der Waals surface area contributed by atoms with Gasteiger partial charge in [-0.1, -0.05) is 0 Å². The van der Waals surface area contributed by atoms with Gasteiger partial charge in [-0.2, -0.15) is 0 Å². The number of halogens is 3. The summed E-state index contributed by atoms with van der Waals surface area (Å²) in [6.07, 6.45) is 1.19. The fraction of sp³-hybridized carbons (Fsp3) is 0.542. The molecular weight excluding hydrogens is 587 g/mol. The molecule has 0 bridgehead atoms. The fourth-order valence-corrected chi connectivity index (χ4v) is 5.87. The predicted octanol–water partition coefficient (Wildman–Crippen LogP) is 2.95. The van der Waals surface area contributed by atoms with Crippen molar-refractivity contribution in [2.75, 3.05) is 63.9 Å². The molecule has 0 saturated carbocycles. The van der Waals surface area contributed by atoms with Crippen molar-refractivity contribution in [3.63, 3.8) is 0 Å². The number of carbonyl (C=O) groups is 2. The third-order valence-corrected chi connectivity index (χ3v) is 7.79. The first kappa shape index (κ1) is 25.3. The number of piperidine rings is 1. The number of pyridine rings is 1. The fourth-order valence-electron chi connectivity index (χ4n) is 5.12. The monoisotopic (exact) mass is 615 g/mol. The molecule has 1 aromatic carbocycles. The van der Waals surface area contributed by atoms with Crippen LogP contribution in [0.1, 0.15) is 30.1 Å². The SMILES string of the molecule is CCNC(=O)N1CCN(C(=O)c2c(I)nc3cc(F)c(F)cc3c2N2CCC3(CC2)OCCO3)CC1. The van der Waals surface area contributed by atoms with Crippen LogP contribution in [0.2, 0.25) is 0 Å². The minimum atomic E-state index is -0.989. The number of benzene rings is 1. The van der Waals surface area contributed by atoms with Gasteiger partial charge >= 0.3 is 6.03 Å². The third-order valence-electron chi connectivity index (χ3n) is 7.01. The van der Waals surface area contributed by atoms with Crippen LogP contribution < -0.4 is 10.2 Å². The summed E-state index contributed by atoms with van der Waals surface area (Å²) in [6.45, 7) is 6.09. The van der Waals surface area contributed by atoms with Crippen molar-refractivity contribution in [2.24, 2.45) is 0 Å². The Bertz CT molecular complexity index is 1180. The molecule has 3 saturated heterocycles. The second-order valence-electron chi connectivity index (χ2n) is 9.12. The van der Waals surface area contributed by atoms with Gasteiger partial charge < -0.3 is 29.5 Å². The predicted molar refractivity (Wildman–Crippen MR) is 137 cm³/mol. The average molecular weight is 615 g/mol. The number of piperazine rings is 1. The molecular formula is C24H28F2IN5O4. The highest BCUT2D eigenvalue weighted by Gasteiger charge is 2.41. The molecule has 0 atom stereocenters. The van der Waals surface area contributed by atoms with Gasteiger partial charge in [0, 0.05) is 70.1 Å². The molecule has 12 heteroatoms. The summed E-state index contributed by atoms with van der Waals surface area (Å²) in [5.74, 6) is -2.83. The molecule has 2 aromatic rings. The van der Waals surface area contributed by atoms with E-state index in [0.29, 0.717) is 97.7 Å². The zero-order chi connectivity index (χ0) is 25.4. The van der Waals surface area contributed by atoms with Crippen LogP contribution in [0.25, 0.3) is 10.9 Å². The highest BCUT2D eigenvalue weighted by molar-refractivity contribution is 14.1. The van der Waals surface area contributed by atoms with Gasteiger partial charge in [-0.3, -0.25) is 4.79 Å². The topological polar surface area (TPSA) is 87.2 Å². The lowest BCUT2D eigenvalue weighted by Gasteiger charge is -2.40. The van der Waals surface area contributed by atoms with E-state index in [2.05, 4.69) is 10.3 Å². The molecule has 9 nitrogen and oxygen atoms in total.